The Bertz CT molecular complexity index is 955. The molecule has 1 saturated heterocycles. The Kier molecular flexibility index (Phi) is 8.89. The summed E-state index contributed by atoms with van der Waals surface area (Å²) in [6, 6.07) is 5.73. The Morgan fingerprint density at radius 3 is 2.40 bits per heavy atom. The van der Waals surface area contributed by atoms with E-state index in [-0.39, 0.29) is 11.4 Å². The molecule has 35 heavy (non-hydrogen) atoms. The number of aromatic nitrogens is 2. The summed E-state index contributed by atoms with van der Waals surface area (Å²) in [5, 5.41) is 7.63. The molecule has 8 heteroatoms. The molecule has 1 aliphatic carbocycles. The molecule has 2 N–H and O–H groups in total. The lowest BCUT2D eigenvalue weighted by atomic mass is 9.67. The number of hydrogen-bond donors (Lipinski definition) is 2. The van der Waals surface area contributed by atoms with Crippen molar-refractivity contribution in [3.8, 4) is 22.6 Å². The number of benzene rings is 1. The van der Waals surface area contributed by atoms with Gasteiger partial charge in [0.1, 0.15) is 0 Å². The predicted molar refractivity (Wildman–Crippen MR) is 140 cm³/mol. The third-order valence-electron chi connectivity index (χ3n) is 7.68. The van der Waals surface area contributed by atoms with Gasteiger partial charge in [-0.05, 0) is 68.7 Å². The third kappa shape index (κ3) is 6.28. The van der Waals surface area contributed by atoms with Crippen LogP contribution in [-0.2, 0) is 4.79 Å². The Balaban J connectivity index is 1.38. The maximum absolute atomic E-state index is 13.1. The molecule has 1 aromatic carbocycles. The number of piperidine rings is 1. The van der Waals surface area contributed by atoms with Gasteiger partial charge < -0.3 is 20.1 Å². The molecule has 1 aromatic heterocycles. The second-order valence-electron chi connectivity index (χ2n) is 9.82. The fourth-order valence-corrected chi connectivity index (χ4v) is 6.21. The molecule has 2 heterocycles. The number of carbonyl (C=O) groups is 1. The van der Waals surface area contributed by atoms with Crippen LogP contribution in [0, 0.1) is 11.8 Å². The normalized spacial score (nSPS) is 20.6. The summed E-state index contributed by atoms with van der Waals surface area (Å²) >= 11 is 1.39. The standard InChI is InChI=1S/C27H38N4O3S/c1-27(21-8-5-4-6-9-21,22-10-7-13-28-17-22)31-25(32)18-35-26-29-15-20(16-30-26)19-11-12-23(33-2)24(14-19)34-3/h11-12,14-16,21-22,28H,4-10,13,17-18H2,1-3H3,(H,31,32). The summed E-state index contributed by atoms with van der Waals surface area (Å²) in [6.07, 6.45) is 12.2. The molecule has 1 amide bonds. The van der Waals surface area contributed by atoms with Crippen LogP contribution >= 0.6 is 11.8 Å². The molecule has 0 radical (unpaired) electrons. The smallest absolute Gasteiger partial charge is 0.230 e. The van der Waals surface area contributed by atoms with Gasteiger partial charge in [-0.25, -0.2) is 9.97 Å². The lowest BCUT2D eigenvalue weighted by Gasteiger charge is -2.47. The van der Waals surface area contributed by atoms with E-state index in [9.17, 15) is 4.79 Å². The number of thioether (sulfide) groups is 1. The molecule has 2 atom stereocenters. The Labute approximate surface area is 213 Å². The van der Waals surface area contributed by atoms with Crippen molar-refractivity contribution < 1.29 is 14.3 Å². The highest BCUT2D eigenvalue weighted by molar-refractivity contribution is 7.99. The SMILES string of the molecule is COc1ccc(-c2cnc(SCC(=O)NC(C)(C3CCCCC3)C3CCCNC3)nc2)cc1OC. The summed E-state index contributed by atoms with van der Waals surface area (Å²) in [7, 11) is 3.24. The third-order valence-corrected chi connectivity index (χ3v) is 8.56. The highest BCUT2D eigenvalue weighted by atomic mass is 32.2. The van der Waals surface area contributed by atoms with Crippen LogP contribution in [0.25, 0.3) is 11.1 Å². The summed E-state index contributed by atoms with van der Waals surface area (Å²) < 4.78 is 10.7. The van der Waals surface area contributed by atoms with Crippen molar-refractivity contribution in [1.82, 2.24) is 20.6 Å². The van der Waals surface area contributed by atoms with Crippen LogP contribution in [0.15, 0.2) is 35.7 Å². The van der Waals surface area contributed by atoms with Crippen molar-refractivity contribution in [2.24, 2.45) is 11.8 Å². The van der Waals surface area contributed by atoms with Crippen LogP contribution in [0.5, 0.6) is 11.5 Å². The van der Waals surface area contributed by atoms with Gasteiger partial charge in [0, 0.05) is 30.0 Å². The monoisotopic (exact) mass is 498 g/mol. The van der Waals surface area contributed by atoms with E-state index in [1.165, 1.54) is 56.7 Å². The molecule has 190 valence electrons. The molecule has 1 saturated carbocycles. The molecule has 4 rings (SSSR count). The van der Waals surface area contributed by atoms with Crippen LogP contribution in [0.4, 0.5) is 0 Å². The first kappa shape index (κ1) is 25.8. The molecule has 1 aliphatic heterocycles. The summed E-state index contributed by atoms with van der Waals surface area (Å²) in [5.41, 5.74) is 1.67. The fourth-order valence-electron chi connectivity index (χ4n) is 5.63. The Morgan fingerprint density at radius 2 is 1.74 bits per heavy atom. The molecular weight excluding hydrogens is 460 g/mol. The van der Waals surface area contributed by atoms with E-state index in [4.69, 9.17) is 9.47 Å². The lowest BCUT2D eigenvalue weighted by Crippen LogP contribution is -2.60. The number of rotatable bonds is 9. The molecule has 7 nitrogen and oxygen atoms in total. The molecule has 2 unspecified atom stereocenters. The summed E-state index contributed by atoms with van der Waals surface area (Å²) in [4.78, 5) is 22.1. The number of nitrogens with zero attached hydrogens (tertiary/aromatic N) is 2. The van der Waals surface area contributed by atoms with E-state index < -0.39 is 0 Å². The fraction of sp³-hybridized carbons (Fsp3) is 0.593. The average Bonchev–Trinajstić information content (AvgIpc) is 2.92. The first-order valence-corrected chi connectivity index (χ1v) is 13.7. The maximum atomic E-state index is 13.1. The van der Waals surface area contributed by atoms with Gasteiger partial charge in [0.25, 0.3) is 0 Å². The molecule has 0 spiro atoms. The van der Waals surface area contributed by atoms with Gasteiger partial charge in [-0.15, -0.1) is 0 Å². The van der Waals surface area contributed by atoms with E-state index in [0.29, 0.717) is 34.2 Å². The number of amides is 1. The molecule has 2 aromatic rings. The summed E-state index contributed by atoms with van der Waals surface area (Å²) in [5.74, 6) is 2.76. The van der Waals surface area contributed by atoms with Crippen LogP contribution < -0.4 is 20.1 Å². The summed E-state index contributed by atoms with van der Waals surface area (Å²) in [6.45, 7) is 4.36. The quantitative estimate of drug-likeness (QED) is 0.383. The van der Waals surface area contributed by atoms with Crippen LogP contribution in [-0.4, -0.2) is 54.5 Å². The zero-order valence-corrected chi connectivity index (χ0v) is 22.0. The minimum Gasteiger partial charge on any atom is -0.493 e. The number of methoxy groups -OCH3 is 2. The number of hydrogen-bond acceptors (Lipinski definition) is 7. The van der Waals surface area contributed by atoms with Gasteiger partial charge in [0.2, 0.25) is 5.91 Å². The first-order valence-electron chi connectivity index (χ1n) is 12.7. The van der Waals surface area contributed by atoms with Crippen LogP contribution in [0.2, 0.25) is 0 Å². The predicted octanol–water partition coefficient (Wildman–Crippen LogP) is 4.71. The molecule has 0 bridgehead atoms. The molecule has 2 fully saturated rings. The van der Waals surface area contributed by atoms with Gasteiger partial charge in [-0.3, -0.25) is 4.79 Å². The van der Waals surface area contributed by atoms with Gasteiger partial charge in [-0.2, -0.15) is 0 Å². The van der Waals surface area contributed by atoms with E-state index in [0.717, 1.165) is 24.2 Å². The largest absolute Gasteiger partial charge is 0.493 e. The van der Waals surface area contributed by atoms with E-state index >= 15 is 0 Å². The lowest BCUT2D eigenvalue weighted by molar-refractivity contribution is -0.122. The van der Waals surface area contributed by atoms with Gasteiger partial charge in [0.05, 0.1) is 20.0 Å². The Hall–Kier alpha value is -2.32. The van der Waals surface area contributed by atoms with Crippen molar-refractivity contribution in [2.45, 2.75) is 62.6 Å². The average molecular weight is 499 g/mol. The highest BCUT2D eigenvalue weighted by Gasteiger charge is 2.43. The minimum absolute atomic E-state index is 0.0706. The number of nitrogens with one attached hydrogen (secondary N) is 2. The van der Waals surface area contributed by atoms with Crippen LogP contribution in [0.3, 0.4) is 0 Å². The van der Waals surface area contributed by atoms with E-state index in [1.807, 2.05) is 18.2 Å². The number of ether oxygens (including phenoxy) is 2. The molecular formula is C27H38N4O3S. The maximum Gasteiger partial charge on any atom is 0.230 e. The molecule has 2 aliphatic rings. The van der Waals surface area contributed by atoms with Crippen molar-refractivity contribution in [1.29, 1.82) is 0 Å². The Morgan fingerprint density at radius 1 is 1.03 bits per heavy atom. The van der Waals surface area contributed by atoms with Crippen LogP contribution in [0.1, 0.15) is 51.9 Å². The van der Waals surface area contributed by atoms with Gasteiger partial charge in [0.15, 0.2) is 16.7 Å². The van der Waals surface area contributed by atoms with E-state index in [1.54, 1.807) is 26.6 Å². The van der Waals surface area contributed by atoms with Crippen molar-refractivity contribution in [3.05, 3.63) is 30.6 Å². The highest BCUT2D eigenvalue weighted by Crippen LogP contribution is 2.39. The van der Waals surface area contributed by atoms with Crippen molar-refractivity contribution in [3.63, 3.8) is 0 Å². The van der Waals surface area contributed by atoms with Gasteiger partial charge in [-0.1, -0.05) is 37.1 Å². The van der Waals surface area contributed by atoms with E-state index in [2.05, 4.69) is 27.5 Å². The van der Waals surface area contributed by atoms with Crippen molar-refractivity contribution in [2.75, 3.05) is 33.1 Å². The number of carbonyl (C=O) groups excluding carboxylic acids is 1. The topological polar surface area (TPSA) is 85.4 Å². The zero-order chi connectivity index (χ0) is 24.7. The zero-order valence-electron chi connectivity index (χ0n) is 21.1. The second-order valence-corrected chi connectivity index (χ2v) is 10.8. The van der Waals surface area contributed by atoms with Crippen molar-refractivity contribution >= 4 is 17.7 Å². The van der Waals surface area contributed by atoms with Gasteiger partial charge >= 0.3 is 0 Å². The minimum atomic E-state index is -0.163. The first-order chi connectivity index (χ1) is 17.0. The second kappa shape index (κ2) is 12.1.